The van der Waals surface area contributed by atoms with Crippen LogP contribution in [0.5, 0.6) is 0 Å². The van der Waals surface area contributed by atoms with E-state index in [9.17, 15) is 13.2 Å². The first-order valence-electron chi connectivity index (χ1n) is 11.3. The average molecular weight is 478 g/mol. The van der Waals surface area contributed by atoms with Gasteiger partial charge in [0.15, 0.2) is 0 Å². The molecule has 3 aromatic carbocycles. The Labute approximate surface area is 200 Å². The number of ether oxygens (including phenoxy) is 1. The Bertz CT molecular complexity index is 1310. The molecule has 0 radical (unpaired) electrons. The molecule has 0 aromatic heterocycles. The van der Waals surface area contributed by atoms with Crippen LogP contribution in [-0.4, -0.2) is 45.5 Å². The van der Waals surface area contributed by atoms with Crippen LogP contribution in [0.3, 0.4) is 0 Å². The van der Waals surface area contributed by atoms with Crippen molar-refractivity contribution in [1.29, 1.82) is 5.26 Å². The van der Waals surface area contributed by atoms with E-state index in [1.54, 1.807) is 41.3 Å². The van der Waals surface area contributed by atoms with Gasteiger partial charge in [-0.2, -0.15) is 5.26 Å². The number of carbonyl (C=O) groups excluding carboxylic acids is 1. The maximum atomic E-state index is 12.9. The molecule has 1 saturated heterocycles. The maximum Gasteiger partial charge on any atom is 0.241 e. The first kappa shape index (κ1) is 23.9. The average Bonchev–Trinajstić information content (AvgIpc) is 2.87. The van der Waals surface area contributed by atoms with Crippen LogP contribution in [0.25, 0.3) is 10.8 Å². The highest BCUT2D eigenvalue weighted by Crippen LogP contribution is 2.23. The number of sulfonamides is 1. The smallest absolute Gasteiger partial charge is 0.241 e. The Balaban J connectivity index is 1.30. The highest BCUT2D eigenvalue weighted by molar-refractivity contribution is 7.89. The van der Waals surface area contributed by atoms with Crippen LogP contribution in [0.4, 0.5) is 0 Å². The molecule has 8 heteroatoms. The first-order valence-corrected chi connectivity index (χ1v) is 12.8. The molecule has 7 nitrogen and oxygen atoms in total. The molecule has 34 heavy (non-hydrogen) atoms. The second-order valence-electron chi connectivity index (χ2n) is 8.48. The molecule has 0 saturated carbocycles. The molecule has 4 rings (SSSR count). The van der Waals surface area contributed by atoms with Gasteiger partial charge in [-0.3, -0.25) is 4.79 Å². The fourth-order valence-corrected chi connectivity index (χ4v) is 5.48. The summed E-state index contributed by atoms with van der Waals surface area (Å²) in [7, 11) is -3.83. The summed E-state index contributed by atoms with van der Waals surface area (Å²) in [6.07, 6.45) is 1.80. The number of likely N-dealkylation sites (tertiary alicyclic amines) is 1. The van der Waals surface area contributed by atoms with Crippen LogP contribution >= 0.6 is 0 Å². The van der Waals surface area contributed by atoms with Crippen LogP contribution < -0.4 is 4.72 Å². The summed E-state index contributed by atoms with van der Waals surface area (Å²) in [5.41, 5.74) is 1.53. The Hall–Kier alpha value is -3.25. The van der Waals surface area contributed by atoms with E-state index >= 15 is 0 Å². The van der Waals surface area contributed by atoms with Crippen LogP contribution in [-0.2, 0) is 26.2 Å². The lowest BCUT2D eigenvalue weighted by atomic mass is 9.99. The molecule has 1 N–H and O–H groups in total. The monoisotopic (exact) mass is 477 g/mol. The van der Waals surface area contributed by atoms with Crippen LogP contribution in [0.1, 0.15) is 24.0 Å². The van der Waals surface area contributed by atoms with Crippen molar-refractivity contribution in [2.75, 3.05) is 26.2 Å². The largest absolute Gasteiger partial charge is 0.376 e. The summed E-state index contributed by atoms with van der Waals surface area (Å²) >= 11 is 0. The van der Waals surface area contributed by atoms with Crippen LogP contribution in [0.15, 0.2) is 71.6 Å². The second-order valence-corrected chi connectivity index (χ2v) is 10.2. The predicted octanol–water partition coefficient (Wildman–Crippen LogP) is 3.45. The fraction of sp³-hybridized carbons (Fsp3) is 0.308. The van der Waals surface area contributed by atoms with E-state index in [1.807, 2.05) is 30.3 Å². The minimum atomic E-state index is -3.83. The van der Waals surface area contributed by atoms with Crippen molar-refractivity contribution in [2.24, 2.45) is 5.92 Å². The number of carbonyl (C=O) groups is 1. The van der Waals surface area contributed by atoms with E-state index in [2.05, 4.69) is 10.8 Å². The molecule has 0 spiro atoms. The molecule has 0 bridgehead atoms. The van der Waals surface area contributed by atoms with Gasteiger partial charge in [0.2, 0.25) is 15.9 Å². The Morgan fingerprint density at radius 3 is 2.76 bits per heavy atom. The summed E-state index contributed by atoms with van der Waals surface area (Å²) < 4.78 is 34.1. The SMILES string of the molecule is N#Cc1cccc(COCC2CCCN(C(=O)CNS(=O)(=O)c3cccc4ccccc34)C2)c1. The van der Waals surface area contributed by atoms with Crippen molar-refractivity contribution in [1.82, 2.24) is 9.62 Å². The quantitative estimate of drug-likeness (QED) is 0.536. The zero-order valence-electron chi connectivity index (χ0n) is 18.8. The zero-order valence-corrected chi connectivity index (χ0v) is 19.6. The van der Waals surface area contributed by atoms with Gasteiger partial charge in [-0.25, -0.2) is 13.1 Å². The molecular weight excluding hydrogens is 450 g/mol. The van der Waals surface area contributed by atoms with Crippen molar-refractivity contribution in [2.45, 2.75) is 24.3 Å². The highest BCUT2D eigenvalue weighted by atomic mass is 32.2. The normalized spacial score (nSPS) is 16.3. The van der Waals surface area contributed by atoms with Gasteiger partial charge in [-0.15, -0.1) is 0 Å². The summed E-state index contributed by atoms with van der Waals surface area (Å²) in [6.45, 7) is 1.77. The summed E-state index contributed by atoms with van der Waals surface area (Å²) in [6, 6.07) is 21.8. The van der Waals surface area contributed by atoms with Gasteiger partial charge in [0.25, 0.3) is 0 Å². The Kier molecular flexibility index (Phi) is 7.58. The fourth-order valence-electron chi connectivity index (χ4n) is 4.28. The van der Waals surface area contributed by atoms with E-state index < -0.39 is 10.0 Å². The maximum absolute atomic E-state index is 12.9. The van der Waals surface area contributed by atoms with Crippen molar-refractivity contribution < 1.29 is 17.9 Å². The van der Waals surface area contributed by atoms with Gasteiger partial charge in [-0.05, 0) is 47.9 Å². The van der Waals surface area contributed by atoms with Gasteiger partial charge < -0.3 is 9.64 Å². The summed E-state index contributed by atoms with van der Waals surface area (Å²) in [5, 5.41) is 10.5. The molecule has 1 amide bonds. The van der Waals surface area contributed by atoms with Crippen molar-refractivity contribution in [3.8, 4) is 6.07 Å². The molecular formula is C26H27N3O4S. The minimum absolute atomic E-state index is 0.170. The highest BCUT2D eigenvalue weighted by Gasteiger charge is 2.25. The minimum Gasteiger partial charge on any atom is -0.376 e. The van der Waals surface area contributed by atoms with Gasteiger partial charge in [0, 0.05) is 18.5 Å². The lowest BCUT2D eigenvalue weighted by molar-refractivity contribution is -0.132. The van der Waals surface area contributed by atoms with Gasteiger partial charge in [0.1, 0.15) is 0 Å². The third-order valence-electron chi connectivity index (χ3n) is 6.00. The Morgan fingerprint density at radius 2 is 1.91 bits per heavy atom. The molecule has 3 aromatic rings. The third kappa shape index (κ3) is 5.81. The predicted molar refractivity (Wildman–Crippen MR) is 129 cm³/mol. The molecule has 1 aliphatic heterocycles. The van der Waals surface area contributed by atoms with Crippen LogP contribution in [0.2, 0.25) is 0 Å². The molecule has 1 atom stereocenters. The topological polar surface area (TPSA) is 99.5 Å². The van der Waals surface area contributed by atoms with Crippen molar-refractivity contribution in [3.63, 3.8) is 0 Å². The van der Waals surface area contributed by atoms with Crippen LogP contribution in [0, 0.1) is 17.2 Å². The van der Waals surface area contributed by atoms with E-state index in [0.717, 1.165) is 23.8 Å². The van der Waals surface area contributed by atoms with Gasteiger partial charge in [0.05, 0.1) is 36.3 Å². The van der Waals surface area contributed by atoms with E-state index in [1.165, 1.54) is 0 Å². The summed E-state index contributed by atoms with van der Waals surface area (Å²) in [4.78, 5) is 14.7. The molecule has 1 aliphatic rings. The number of nitrogens with one attached hydrogen (secondary N) is 1. The third-order valence-corrected chi connectivity index (χ3v) is 7.46. The molecule has 1 heterocycles. The lowest BCUT2D eigenvalue weighted by Crippen LogP contribution is -2.45. The Morgan fingerprint density at radius 1 is 1.12 bits per heavy atom. The number of amides is 1. The molecule has 1 fully saturated rings. The number of hydrogen-bond donors (Lipinski definition) is 1. The first-order chi connectivity index (χ1) is 16.5. The lowest BCUT2D eigenvalue weighted by Gasteiger charge is -2.32. The van der Waals surface area contributed by atoms with Crippen molar-refractivity contribution >= 4 is 26.7 Å². The summed E-state index contributed by atoms with van der Waals surface area (Å²) in [5.74, 6) is -0.0539. The number of nitriles is 1. The molecule has 1 unspecified atom stereocenters. The van der Waals surface area contributed by atoms with E-state index in [0.29, 0.717) is 37.3 Å². The van der Waals surface area contributed by atoms with Gasteiger partial charge >= 0.3 is 0 Å². The molecule has 176 valence electrons. The van der Waals surface area contributed by atoms with E-state index in [-0.39, 0.29) is 23.3 Å². The number of rotatable bonds is 8. The number of nitrogens with zero attached hydrogens (tertiary/aromatic N) is 2. The number of fused-ring (bicyclic) bond motifs is 1. The van der Waals surface area contributed by atoms with Crippen molar-refractivity contribution in [3.05, 3.63) is 77.9 Å². The number of benzene rings is 3. The molecule has 0 aliphatic carbocycles. The van der Waals surface area contributed by atoms with E-state index in [4.69, 9.17) is 10.00 Å². The second kappa shape index (κ2) is 10.8. The number of hydrogen-bond acceptors (Lipinski definition) is 5. The zero-order chi connectivity index (χ0) is 24.0. The number of piperidine rings is 1. The van der Waals surface area contributed by atoms with Gasteiger partial charge in [-0.1, -0.05) is 48.5 Å². The standard InChI is InChI=1S/C26H27N3O4S/c27-15-20-6-3-7-21(14-20)18-33-19-22-8-5-13-29(17-22)26(30)16-28-34(31,32)25-12-4-10-23-9-1-2-11-24(23)25/h1-4,6-7,9-12,14,22,28H,5,8,13,16-19H2.